The summed E-state index contributed by atoms with van der Waals surface area (Å²) in [5, 5.41) is 16.4. The number of nitrogens with one attached hydrogen (secondary N) is 1. The van der Waals surface area contributed by atoms with Crippen molar-refractivity contribution in [2.24, 2.45) is 7.05 Å². The number of nitrogens with zero attached hydrogens (tertiary/aromatic N) is 2. The third-order valence-corrected chi connectivity index (χ3v) is 4.67. The van der Waals surface area contributed by atoms with Crippen molar-refractivity contribution in [3.8, 4) is 0 Å². The number of aliphatic hydroxyl groups excluding tert-OH is 1. The van der Waals surface area contributed by atoms with E-state index in [0.717, 1.165) is 16.3 Å². The molecule has 1 heterocycles. The van der Waals surface area contributed by atoms with E-state index in [2.05, 4.69) is 10.4 Å². The van der Waals surface area contributed by atoms with E-state index in [1.54, 1.807) is 0 Å². The number of rotatable bonds is 5. The molecule has 3 rings (SSSR count). The van der Waals surface area contributed by atoms with Crippen molar-refractivity contribution in [1.82, 2.24) is 15.1 Å². The molecular formula is C17H19F2N3O2. The largest absolute Gasteiger partial charge is 0.395 e. The van der Waals surface area contributed by atoms with E-state index in [4.69, 9.17) is 0 Å². The maximum absolute atomic E-state index is 12.8. The number of benzene rings is 1. The molecule has 0 spiro atoms. The first-order chi connectivity index (χ1) is 11.4. The van der Waals surface area contributed by atoms with Gasteiger partial charge in [0.25, 0.3) is 12.3 Å². The van der Waals surface area contributed by atoms with Crippen molar-refractivity contribution in [1.29, 1.82) is 0 Å². The van der Waals surface area contributed by atoms with Crippen molar-refractivity contribution in [2.45, 2.75) is 30.7 Å². The minimum Gasteiger partial charge on any atom is -0.395 e. The van der Waals surface area contributed by atoms with Gasteiger partial charge in [-0.15, -0.1) is 0 Å². The smallest absolute Gasteiger partial charge is 0.280 e. The molecule has 1 amide bonds. The summed E-state index contributed by atoms with van der Waals surface area (Å²) < 4.78 is 26.5. The molecule has 24 heavy (non-hydrogen) atoms. The Morgan fingerprint density at radius 1 is 1.42 bits per heavy atom. The van der Waals surface area contributed by atoms with E-state index in [1.807, 2.05) is 30.3 Å². The van der Waals surface area contributed by atoms with Gasteiger partial charge in [-0.25, -0.2) is 8.78 Å². The zero-order chi connectivity index (χ0) is 17.3. The van der Waals surface area contributed by atoms with Crippen LogP contribution in [0, 0.1) is 0 Å². The summed E-state index contributed by atoms with van der Waals surface area (Å²) in [4.78, 5) is 12.2. The molecule has 0 saturated heterocycles. The Balaban J connectivity index is 1.64. The van der Waals surface area contributed by atoms with Crippen LogP contribution >= 0.6 is 0 Å². The molecule has 2 aromatic rings. The molecule has 1 aliphatic carbocycles. The van der Waals surface area contributed by atoms with Crippen LogP contribution in [-0.4, -0.2) is 33.4 Å². The predicted octanol–water partition coefficient (Wildman–Crippen LogP) is 2.18. The van der Waals surface area contributed by atoms with E-state index >= 15 is 0 Å². The average molecular weight is 335 g/mol. The fourth-order valence-corrected chi connectivity index (χ4v) is 3.29. The number of halogens is 2. The second-order valence-corrected chi connectivity index (χ2v) is 6.26. The van der Waals surface area contributed by atoms with Gasteiger partial charge in [0, 0.05) is 18.5 Å². The quantitative estimate of drug-likeness (QED) is 0.880. The predicted molar refractivity (Wildman–Crippen MR) is 83.9 cm³/mol. The van der Waals surface area contributed by atoms with Crippen LogP contribution < -0.4 is 5.32 Å². The third-order valence-electron chi connectivity index (χ3n) is 4.67. The number of aryl methyl sites for hydroxylation is 1. The van der Waals surface area contributed by atoms with Gasteiger partial charge >= 0.3 is 0 Å². The molecule has 0 radical (unpaired) electrons. The summed E-state index contributed by atoms with van der Waals surface area (Å²) in [6.45, 7) is 0.00248. The van der Waals surface area contributed by atoms with E-state index in [0.29, 0.717) is 12.8 Å². The number of carbonyl (C=O) groups is 1. The van der Waals surface area contributed by atoms with Crippen molar-refractivity contribution < 1.29 is 18.7 Å². The van der Waals surface area contributed by atoms with Crippen molar-refractivity contribution in [2.75, 3.05) is 6.61 Å². The fraction of sp³-hybridized carbons (Fsp3) is 0.412. The highest BCUT2D eigenvalue weighted by Gasteiger charge is 2.45. The minimum atomic E-state index is -2.67. The standard InChI is InChI=1S/C17H19F2N3O2/c1-22-14(15(18)19)7-13(21-22)16(24)20-12-8-17(9-12,10-23)11-5-3-2-4-6-11/h2-7,12,15,23H,8-10H2,1H3,(H,20,24). The number of hydrogen-bond acceptors (Lipinski definition) is 3. The van der Waals surface area contributed by atoms with Crippen LogP contribution in [0.4, 0.5) is 8.78 Å². The lowest BCUT2D eigenvalue weighted by Gasteiger charge is -2.47. The highest BCUT2D eigenvalue weighted by atomic mass is 19.3. The van der Waals surface area contributed by atoms with Gasteiger partial charge in [0.15, 0.2) is 5.69 Å². The second kappa shape index (κ2) is 6.32. The van der Waals surface area contributed by atoms with Crippen molar-refractivity contribution in [3.05, 3.63) is 53.3 Å². The van der Waals surface area contributed by atoms with E-state index in [-0.39, 0.29) is 29.5 Å². The number of amides is 1. The molecule has 128 valence electrons. The van der Waals surface area contributed by atoms with Gasteiger partial charge in [0.2, 0.25) is 0 Å². The Morgan fingerprint density at radius 2 is 2.08 bits per heavy atom. The van der Waals surface area contributed by atoms with Crippen molar-refractivity contribution >= 4 is 5.91 Å². The number of aliphatic hydroxyl groups is 1. The lowest BCUT2D eigenvalue weighted by Crippen LogP contribution is -2.55. The topological polar surface area (TPSA) is 67.2 Å². The maximum Gasteiger partial charge on any atom is 0.280 e. The maximum atomic E-state index is 12.8. The van der Waals surface area contributed by atoms with Crippen LogP contribution in [0.25, 0.3) is 0 Å². The Kier molecular flexibility index (Phi) is 4.36. The van der Waals surface area contributed by atoms with E-state index < -0.39 is 12.3 Å². The summed E-state index contributed by atoms with van der Waals surface area (Å²) in [5.74, 6) is -0.470. The van der Waals surface area contributed by atoms with Crippen LogP contribution in [0.3, 0.4) is 0 Å². The Bertz CT molecular complexity index is 725. The summed E-state index contributed by atoms with van der Waals surface area (Å²) in [6.07, 6.45) is -1.46. The monoisotopic (exact) mass is 335 g/mol. The lowest BCUT2D eigenvalue weighted by molar-refractivity contribution is 0.0697. The molecule has 1 aromatic heterocycles. The van der Waals surface area contributed by atoms with Crippen LogP contribution in [0.2, 0.25) is 0 Å². The Hall–Kier alpha value is -2.28. The highest BCUT2D eigenvalue weighted by molar-refractivity contribution is 5.92. The van der Waals surface area contributed by atoms with E-state index in [1.165, 1.54) is 7.05 Å². The highest BCUT2D eigenvalue weighted by Crippen LogP contribution is 2.43. The molecule has 1 aliphatic rings. The van der Waals surface area contributed by atoms with Gasteiger partial charge in [-0.05, 0) is 24.5 Å². The van der Waals surface area contributed by atoms with Gasteiger partial charge in [0.1, 0.15) is 5.69 Å². The Labute approximate surface area is 138 Å². The third kappa shape index (κ3) is 2.91. The number of carbonyl (C=O) groups excluding carboxylic acids is 1. The number of alkyl halides is 2. The Morgan fingerprint density at radius 3 is 2.62 bits per heavy atom. The fourth-order valence-electron chi connectivity index (χ4n) is 3.29. The zero-order valence-corrected chi connectivity index (χ0v) is 13.2. The number of hydrogen-bond donors (Lipinski definition) is 2. The molecular weight excluding hydrogens is 316 g/mol. The van der Waals surface area contributed by atoms with Crippen LogP contribution in [0.15, 0.2) is 36.4 Å². The molecule has 0 bridgehead atoms. The summed E-state index contributed by atoms with van der Waals surface area (Å²) >= 11 is 0. The zero-order valence-electron chi connectivity index (χ0n) is 13.2. The molecule has 1 aromatic carbocycles. The van der Waals surface area contributed by atoms with Crippen LogP contribution in [-0.2, 0) is 12.5 Å². The molecule has 1 fully saturated rings. The summed E-state index contributed by atoms with van der Waals surface area (Å²) in [5.41, 5.74) is 0.379. The van der Waals surface area contributed by atoms with Crippen molar-refractivity contribution in [3.63, 3.8) is 0 Å². The molecule has 2 N–H and O–H groups in total. The molecule has 0 unspecified atom stereocenters. The first-order valence-corrected chi connectivity index (χ1v) is 7.74. The van der Waals surface area contributed by atoms with Gasteiger partial charge in [-0.1, -0.05) is 30.3 Å². The van der Waals surface area contributed by atoms with Crippen LogP contribution in [0.5, 0.6) is 0 Å². The summed E-state index contributed by atoms with van der Waals surface area (Å²) in [7, 11) is 1.38. The van der Waals surface area contributed by atoms with E-state index in [9.17, 15) is 18.7 Å². The normalized spacial score (nSPS) is 23.1. The molecule has 1 saturated carbocycles. The molecule has 0 atom stereocenters. The van der Waals surface area contributed by atoms with Gasteiger partial charge in [-0.3, -0.25) is 9.48 Å². The first-order valence-electron chi connectivity index (χ1n) is 7.74. The molecule has 0 aliphatic heterocycles. The summed E-state index contributed by atoms with van der Waals surface area (Å²) in [6, 6.07) is 10.7. The minimum absolute atomic E-state index is 0.00248. The van der Waals surface area contributed by atoms with Gasteiger partial charge in [0.05, 0.1) is 6.61 Å². The van der Waals surface area contributed by atoms with Gasteiger partial charge in [-0.2, -0.15) is 5.10 Å². The average Bonchev–Trinajstić information content (AvgIpc) is 2.93. The number of aromatic nitrogens is 2. The molecule has 7 heteroatoms. The SMILES string of the molecule is Cn1nc(C(=O)NC2CC(CO)(c3ccccc3)C2)cc1C(F)F. The first kappa shape index (κ1) is 16.6. The lowest BCUT2D eigenvalue weighted by atomic mass is 9.62. The molecule has 5 nitrogen and oxygen atoms in total. The van der Waals surface area contributed by atoms with Gasteiger partial charge < -0.3 is 10.4 Å². The van der Waals surface area contributed by atoms with Crippen LogP contribution in [0.1, 0.15) is 41.0 Å². The second-order valence-electron chi connectivity index (χ2n) is 6.26.